The van der Waals surface area contributed by atoms with Crippen molar-refractivity contribution in [2.24, 2.45) is 0 Å². The number of aromatic nitrogens is 1. The number of likely N-dealkylation sites (N-methyl/N-ethyl adjacent to an activating group) is 1. The van der Waals surface area contributed by atoms with Crippen LogP contribution in [0.25, 0.3) is 0 Å². The zero-order chi connectivity index (χ0) is 14.0. The van der Waals surface area contributed by atoms with Crippen molar-refractivity contribution in [3.05, 3.63) is 17.5 Å². The molecular formula is C12H16N2O5. The Balaban J connectivity index is 1.91. The first-order chi connectivity index (χ1) is 8.97. The van der Waals surface area contributed by atoms with Crippen molar-refractivity contribution in [2.45, 2.75) is 38.5 Å². The Bertz CT molecular complexity index is 484. The van der Waals surface area contributed by atoms with Crippen LogP contribution in [0.1, 0.15) is 24.3 Å². The van der Waals surface area contributed by atoms with Crippen molar-refractivity contribution in [1.29, 1.82) is 0 Å². The average Bonchev–Trinajstić information content (AvgIpc) is 2.97. The number of carbonyl (C=O) groups excluding carboxylic acids is 1. The molecule has 0 aromatic carbocycles. The Kier molecular flexibility index (Phi) is 3.84. The molecule has 19 heavy (non-hydrogen) atoms. The van der Waals surface area contributed by atoms with E-state index < -0.39 is 18.2 Å². The van der Waals surface area contributed by atoms with Crippen LogP contribution < -0.4 is 0 Å². The summed E-state index contributed by atoms with van der Waals surface area (Å²) in [6, 6.07) is 1.75. The first-order valence-corrected chi connectivity index (χ1v) is 6.03. The van der Waals surface area contributed by atoms with Crippen LogP contribution in [0, 0.1) is 6.92 Å². The Morgan fingerprint density at radius 2 is 2.16 bits per heavy atom. The molecule has 0 spiro atoms. The van der Waals surface area contributed by atoms with E-state index in [9.17, 15) is 9.59 Å². The van der Waals surface area contributed by atoms with Gasteiger partial charge in [0.05, 0.1) is 6.54 Å². The Morgan fingerprint density at radius 3 is 2.68 bits per heavy atom. The predicted octanol–water partition coefficient (Wildman–Crippen LogP) is 0.574. The van der Waals surface area contributed by atoms with Crippen LogP contribution in [0.2, 0.25) is 0 Å². The van der Waals surface area contributed by atoms with Gasteiger partial charge in [-0.25, -0.2) is 4.79 Å². The van der Waals surface area contributed by atoms with Gasteiger partial charge >= 0.3 is 5.97 Å². The number of carbonyl (C=O) groups is 2. The summed E-state index contributed by atoms with van der Waals surface area (Å²) in [7, 11) is 1.63. The lowest BCUT2D eigenvalue weighted by atomic mass is 10.2. The van der Waals surface area contributed by atoms with E-state index in [1.54, 1.807) is 20.0 Å². The molecule has 0 radical (unpaired) electrons. The molecule has 1 fully saturated rings. The van der Waals surface area contributed by atoms with Gasteiger partial charge in [-0.3, -0.25) is 4.79 Å². The third kappa shape index (κ3) is 3.11. The van der Waals surface area contributed by atoms with Gasteiger partial charge in [0.2, 0.25) is 0 Å². The lowest BCUT2D eigenvalue weighted by molar-refractivity contribution is -0.154. The summed E-state index contributed by atoms with van der Waals surface area (Å²) in [6.07, 6.45) is -0.767. The second-order valence-electron chi connectivity index (χ2n) is 4.65. The maximum absolute atomic E-state index is 12.1. The Morgan fingerprint density at radius 1 is 1.47 bits per heavy atom. The van der Waals surface area contributed by atoms with Crippen LogP contribution in [0.15, 0.2) is 10.6 Å². The summed E-state index contributed by atoms with van der Waals surface area (Å²) in [5, 5.41) is 12.6. The number of carboxylic acid groups (broad SMARTS) is 1. The van der Waals surface area contributed by atoms with Gasteiger partial charge in [0.25, 0.3) is 5.91 Å². The number of hydrogen-bond donors (Lipinski definition) is 1. The van der Waals surface area contributed by atoms with Crippen molar-refractivity contribution >= 4 is 11.9 Å². The lowest BCUT2D eigenvalue weighted by Crippen LogP contribution is -2.36. The average molecular weight is 268 g/mol. The highest BCUT2D eigenvalue weighted by Gasteiger charge is 2.36. The predicted molar refractivity (Wildman–Crippen MR) is 63.2 cm³/mol. The van der Waals surface area contributed by atoms with Gasteiger partial charge in [-0.1, -0.05) is 5.16 Å². The molecule has 1 aromatic heterocycles. The van der Waals surface area contributed by atoms with Crippen molar-refractivity contribution in [3.8, 4) is 0 Å². The summed E-state index contributed by atoms with van der Waals surface area (Å²) in [5.74, 6) is -0.576. The van der Waals surface area contributed by atoms with E-state index in [0.29, 0.717) is 30.8 Å². The lowest BCUT2D eigenvalue weighted by Gasteiger charge is -2.19. The molecule has 2 unspecified atom stereocenters. The molecule has 2 atom stereocenters. The number of hydrogen-bond acceptors (Lipinski definition) is 5. The number of nitrogens with zero attached hydrogens (tertiary/aromatic N) is 2. The maximum Gasteiger partial charge on any atom is 0.332 e. The molecule has 1 aromatic rings. The number of amides is 1. The molecule has 1 amide bonds. The van der Waals surface area contributed by atoms with Gasteiger partial charge in [0, 0.05) is 13.1 Å². The topological polar surface area (TPSA) is 92.9 Å². The maximum atomic E-state index is 12.1. The van der Waals surface area contributed by atoms with Crippen LogP contribution in [-0.2, 0) is 20.9 Å². The fourth-order valence-corrected chi connectivity index (χ4v) is 2.06. The Hall–Kier alpha value is -1.89. The molecule has 0 aliphatic carbocycles. The molecule has 7 heteroatoms. The summed E-state index contributed by atoms with van der Waals surface area (Å²) < 4.78 is 10.1. The number of carboxylic acids is 1. The minimum Gasteiger partial charge on any atom is -0.479 e. The highest BCUT2D eigenvalue weighted by Crippen LogP contribution is 2.21. The van der Waals surface area contributed by atoms with E-state index in [4.69, 9.17) is 14.4 Å². The molecule has 1 aliphatic rings. The molecule has 2 rings (SSSR count). The van der Waals surface area contributed by atoms with E-state index in [1.165, 1.54) is 4.90 Å². The number of rotatable bonds is 4. The third-order valence-electron chi connectivity index (χ3n) is 3.02. The zero-order valence-electron chi connectivity index (χ0n) is 10.8. The van der Waals surface area contributed by atoms with Crippen molar-refractivity contribution in [2.75, 3.05) is 7.05 Å². The van der Waals surface area contributed by atoms with Gasteiger partial charge in [-0.2, -0.15) is 0 Å². The standard InChI is InChI=1S/C12H16N2O5/c1-7-5-8(13-19-7)6-14(2)11(15)9-3-4-10(18-9)12(16)17/h5,9-10H,3-4,6H2,1-2H3,(H,16,17). The highest BCUT2D eigenvalue weighted by molar-refractivity contribution is 5.82. The van der Waals surface area contributed by atoms with Gasteiger partial charge in [-0.05, 0) is 19.8 Å². The van der Waals surface area contributed by atoms with Crippen LogP contribution >= 0.6 is 0 Å². The van der Waals surface area contributed by atoms with E-state index in [0.717, 1.165) is 0 Å². The van der Waals surface area contributed by atoms with E-state index >= 15 is 0 Å². The monoisotopic (exact) mass is 268 g/mol. The summed E-state index contributed by atoms with van der Waals surface area (Å²) in [6.45, 7) is 2.09. The second-order valence-corrected chi connectivity index (χ2v) is 4.65. The number of aryl methyl sites for hydroxylation is 1. The van der Waals surface area contributed by atoms with E-state index in [1.807, 2.05) is 0 Å². The minimum absolute atomic E-state index is 0.232. The molecule has 104 valence electrons. The molecule has 7 nitrogen and oxygen atoms in total. The van der Waals surface area contributed by atoms with E-state index in [-0.39, 0.29) is 5.91 Å². The van der Waals surface area contributed by atoms with Crippen LogP contribution in [-0.4, -0.2) is 46.3 Å². The second kappa shape index (κ2) is 5.40. The molecule has 1 aliphatic heterocycles. The fraction of sp³-hybridized carbons (Fsp3) is 0.583. The van der Waals surface area contributed by atoms with Gasteiger partial charge in [0.15, 0.2) is 6.10 Å². The minimum atomic E-state index is -1.02. The van der Waals surface area contributed by atoms with E-state index in [2.05, 4.69) is 5.16 Å². The Labute approximate surface area is 110 Å². The van der Waals surface area contributed by atoms with Gasteiger partial charge in [-0.15, -0.1) is 0 Å². The van der Waals surface area contributed by atoms with Crippen LogP contribution in [0.4, 0.5) is 0 Å². The number of ether oxygens (including phenoxy) is 1. The van der Waals surface area contributed by atoms with Crippen molar-refractivity contribution < 1.29 is 24.0 Å². The largest absolute Gasteiger partial charge is 0.479 e. The molecule has 2 heterocycles. The molecule has 0 bridgehead atoms. The normalized spacial score (nSPS) is 22.4. The van der Waals surface area contributed by atoms with Crippen LogP contribution in [0.3, 0.4) is 0 Å². The summed E-state index contributed by atoms with van der Waals surface area (Å²) >= 11 is 0. The van der Waals surface area contributed by atoms with Gasteiger partial charge in [0.1, 0.15) is 17.6 Å². The first kappa shape index (κ1) is 13.5. The molecule has 0 saturated carbocycles. The quantitative estimate of drug-likeness (QED) is 0.858. The molecule has 1 N–H and O–H groups in total. The molecule has 1 saturated heterocycles. The van der Waals surface area contributed by atoms with Gasteiger partial charge < -0.3 is 19.3 Å². The smallest absolute Gasteiger partial charge is 0.332 e. The molecular weight excluding hydrogens is 252 g/mol. The van der Waals surface area contributed by atoms with Crippen LogP contribution in [0.5, 0.6) is 0 Å². The summed E-state index contributed by atoms with van der Waals surface area (Å²) in [5.41, 5.74) is 0.654. The third-order valence-corrected chi connectivity index (χ3v) is 3.02. The SMILES string of the molecule is Cc1cc(CN(C)C(=O)C2CCC(C(=O)O)O2)no1. The van der Waals surface area contributed by atoms with Crippen molar-refractivity contribution in [1.82, 2.24) is 10.1 Å². The highest BCUT2D eigenvalue weighted by atomic mass is 16.5. The first-order valence-electron chi connectivity index (χ1n) is 6.03. The zero-order valence-corrected chi connectivity index (χ0v) is 10.8. The fourth-order valence-electron chi connectivity index (χ4n) is 2.06. The number of aliphatic carboxylic acids is 1. The summed E-state index contributed by atoms with van der Waals surface area (Å²) in [4.78, 5) is 24.3. The van der Waals surface area contributed by atoms with Crippen molar-refractivity contribution in [3.63, 3.8) is 0 Å².